The second-order valence-corrected chi connectivity index (χ2v) is 8.70. The number of aromatic nitrogens is 3. The number of nitrogens with zero attached hydrogens (tertiary/aromatic N) is 3. The highest BCUT2D eigenvalue weighted by atomic mass is 16.5. The van der Waals surface area contributed by atoms with Gasteiger partial charge >= 0.3 is 0 Å². The van der Waals surface area contributed by atoms with E-state index in [1.54, 1.807) is 13.3 Å². The summed E-state index contributed by atoms with van der Waals surface area (Å²) >= 11 is 0. The third-order valence-corrected chi connectivity index (χ3v) is 6.89. The van der Waals surface area contributed by atoms with Crippen molar-refractivity contribution >= 4 is 22.6 Å². The zero-order chi connectivity index (χ0) is 21.4. The van der Waals surface area contributed by atoms with Crippen LogP contribution in [0.5, 0.6) is 5.75 Å². The number of nitrogens with one attached hydrogen (secondary N) is 2. The average Bonchev–Trinajstić information content (AvgIpc) is 3.53. The van der Waals surface area contributed by atoms with Gasteiger partial charge < -0.3 is 15.4 Å². The Morgan fingerprint density at radius 3 is 2.71 bits per heavy atom. The van der Waals surface area contributed by atoms with E-state index in [-0.39, 0.29) is 5.91 Å². The molecule has 7 heteroatoms. The summed E-state index contributed by atoms with van der Waals surface area (Å²) in [5, 5.41) is 12.2. The molecule has 2 heterocycles. The molecule has 1 aromatic carbocycles. The Labute approximate surface area is 182 Å². The molecule has 2 fully saturated rings. The van der Waals surface area contributed by atoms with Crippen LogP contribution in [0.2, 0.25) is 0 Å². The first kappa shape index (κ1) is 19.8. The van der Waals surface area contributed by atoms with Crippen LogP contribution in [-0.4, -0.2) is 33.8 Å². The van der Waals surface area contributed by atoms with Crippen LogP contribution in [0.1, 0.15) is 48.5 Å². The van der Waals surface area contributed by atoms with E-state index in [1.165, 1.54) is 25.7 Å². The van der Waals surface area contributed by atoms with E-state index in [2.05, 4.69) is 20.7 Å². The third-order valence-electron chi connectivity index (χ3n) is 6.89. The van der Waals surface area contributed by atoms with Crippen molar-refractivity contribution < 1.29 is 9.53 Å². The fourth-order valence-corrected chi connectivity index (χ4v) is 5.21. The number of carbonyl (C=O) groups is 1. The van der Waals surface area contributed by atoms with Gasteiger partial charge in [0.25, 0.3) is 5.91 Å². The lowest BCUT2D eigenvalue weighted by Gasteiger charge is -2.25. The molecule has 3 aromatic rings. The van der Waals surface area contributed by atoms with E-state index < -0.39 is 0 Å². The smallest absolute Gasteiger partial charge is 0.255 e. The number of amides is 1. The van der Waals surface area contributed by atoms with Gasteiger partial charge in [0.1, 0.15) is 5.75 Å². The summed E-state index contributed by atoms with van der Waals surface area (Å²) in [5.74, 6) is 2.20. The number of benzene rings is 1. The van der Waals surface area contributed by atoms with E-state index in [1.807, 2.05) is 42.1 Å². The lowest BCUT2D eigenvalue weighted by molar-refractivity contribution is 0.0951. The number of hydrogen-bond acceptors (Lipinski definition) is 5. The zero-order valence-electron chi connectivity index (χ0n) is 18.1. The standard InChI is InChI=1S/C24H29N5O2/c1-3-29-23-19(14-27-29)22(28-21-11-16-4-7-17(21)10-16)20(13-25-23)24(30)26-12-15-5-8-18(31-2)9-6-15/h5-6,8-9,13-14,16-17,21H,3-4,7,10-12H2,1-2H3,(H,25,28)(H,26,30)/t16-,17-,21+/m1/s1. The van der Waals surface area contributed by atoms with Crippen molar-refractivity contribution in [1.29, 1.82) is 0 Å². The Hall–Kier alpha value is -3.09. The van der Waals surface area contributed by atoms with Crippen LogP contribution in [0.4, 0.5) is 5.69 Å². The molecule has 1 amide bonds. The fourth-order valence-electron chi connectivity index (χ4n) is 5.21. The van der Waals surface area contributed by atoms with Crippen molar-refractivity contribution in [2.24, 2.45) is 11.8 Å². The Morgan fingerprint density at radius 1 is 1.19 bits per heavy atom. The molecular formula is C24H29N5O2. The van der Waals surface area contributed by atoms with E-state index in [4.69, 9.17) is 4.74 Å². The maximum atomic E-state index is 13.2. The van der Waals surface area contributed by atoms with E-state index >= 15 is 0 Å². The molecule has 2 N–H and O–H groups in total. The summed E-state index contributed by atoms with van der Waals surface area (Å²) < 4.78 is 7.08. The van der Waals surface area contributed by atoms with Gasteiger partial charge in [0.15, 0.2) is 5.65 Å². The normalized spacial score (nSPS) is 22.1. The lowest BCUT2D eigenvalue weighted by atomic mass is 9.94. The van der Waals surface area contributed by atoms with Crippen LogP contribution in [0.3, 0.4) is 0 Å². The summed E-state index contributed by atoms with van der Waals surface area (Å²) in [6, 6.07) is 8.13. The Kier molecular flexibility index (Phi) is 5.26. The highest BCUT2D eigenvalue weighted by Crippen LogP contribution is 2.46. The van der Waals surface area contributed by atoms with E-state index in [9.17, 15) is 4.79 Å². The van der Waals surface area contributed by atoms with Crippen LogP contribution in [0, 0.1) is 11.8 Å². The molecule has 5 rings (SSSR count). The van der Waals surface area contributed by atoms with Gasteiger partial charge in [-0.3, -0.25) is 4.79 Å². The number of rotatable bonds is 7. The molecule has 2 saturated carbocycles. The van der Waals surface area contributed by atoms with Gasteiger partial charge in [-0.25, -0.2) is 9.67 Å². The van der Waals surface area contributed by atoms with Crippen LogP contribution < -0.4 is 15.4 Å². The van der Waals surface area contributed by atoms with Gasteiger partial charge in [0.05, 0.1) is 29.9 Å². The van der Waals surface area contributed by atoms with E-state index in [0.717, 1.165) is 40.5 Å². The molecule has 2 aromatic heterocycles. The molecule has 3 atom stereocenters. The summed E-state index contributed by atoms with van der Waals surface area (Å²) in [7, 11) is 1.64. The minimum atomic E-state index is -0.125. The summed E-state index contributed by atoms with van der Waals surface area (Å²) in [6.07, 6.45) is 8.64. The summed E-state index contributed by atoms with van der Waals surface area (Å²) in [6.45, 7) is 3.24. The number of ether oxygens (including phenoxy) is 1. The van der Waals surface area contributed by atoms with Gasteiger partial charge in [-0.05, 0) is 55.7 Å². The number of pyridine rings is 1. The van der Waals surface area contributed by atoms with Crippen molar-refractivity contribution in [3.8, 4) is 5.75 Å². The van der Waals surface area contributed by atoms with Crippen molar-refractivity contribution in [3.63, 3.8) is 0 Å². The van der Waals surface area contributed by atoms with Crippen LogP contribution in [-0.2, 0) is 13.1 Å². The summed E-state index contributed by atoms with van der Waals surface area (Å²) in [5.41, 5.74) is 3.29. The first-order valence-corrected chi connectivity index (χ1v) is 11.2. The van der Waals surface area contributed by atoms with Crippen molar-refractivity contribution in [3.05, 3.63) is 47.8 Å². The minimum Gasteiger partial charge on any atom is -0.497 e. The maximum absolute atomic E-state index is 13.2. The zero-order valence-corrected chi connectivity index (χ0v) is 18.1. The molecule has 7 nitrogen and oxygen atoms in total. The van der Waals surface area contributed by atoms with Gasteiger partial charge in [-0.2, -0.15) is 5.10 Å². The maximum Gasteiger partial charge on any atom is 0.255 e. The van der Waals surface area contributed by atoms with E-state index in [0.29, 0.717) is 24.1 Å². The predicted octanol–water partition coefficient (Wildman–Crippen LogP) is 3.99. The molecule has 2 aliphatic rings. The number of carbonyl (C=O) groups excluding carboxylic acids is 1. The SMILES string of the molecule is CCn1ncc2c(N[C@H]3C[C@@H]4CC[C@@H]3C4)c(C(=O)NCc3ccc(OC)cc3)cnc21. The fraction of sp³-hybridized carbons (Fsp3) is 0.458. The summed E-state index contributed by atoms with van der Waals surface area (Å²) in [4.78, 5) is 17.7. The number of aryl methyl sites for hydroxylation is 1. The quantitative estimate of drug-likeness (QED) is 0.605. The molecule has 0 aliphatic heterocycles. The molecule has 2 bridgehead atoms. The monoisotopic (exact) mass is 419 g/mol. The van der Waals surface area contributed by atoms with Crippen molar-refractivity contribution in [1.82, 2.24) is 20.1 Å². The van der Waals surface area contributed by atoms with Crippen molar-refractivity contribution in [2.45, 2.75) is 51.7 Å². The third kappa shape index (κ3) is 3.73. The predicted molar refractivity (Wildman–Crippen MR) is 120 cm³/mol. The minimum absolute atomic E-state index is 0.125. The highest BCUT2D eigenvalue weighted by Gasteiger charge is 2.40. The highest BCUT2D eigenvalue weighted by molar-refractivity contribution is 6.06. The molecule has 0 spiro atoms. The lowest BCUT2D eigenvalue weighted by Crippen LogP contribution is -2.29. The molecule has 31 heavy (non-hydrogen) atoms. The van der Waals surface area contributed by atoms with Crippen LogP contribution >= 0.6 is 0 Å². The Bertz CT molecular complexity index is 1090. The molecule has 0 saturated heterocycles. The van der Waals surface area contributed by atoms with Crippen molar-refractivity contribution in [2.75, 3.05) is 12.4 Å². The van der Waals surface area contributed by atoms with Crippen LogP contribution in [0.25, 0.3) is 11.0 Å². The first-order chi connectivity index (χ1) is 15.2. The second kappa shape index (κ2) is 8.21. The van der Waals surface area contributed by atoms with Gasteiger partial charge in [0.2, 0.25) is 0 Å². The number of hydrogen-bond donors (Lipinski definition) is 2. The number of methoxy groups -OCH3 is 1. The van der Waals surface area contributed by atoms with Gasteiger partial charge in [0, 0.05) is 25.3 Å². The Morgan fingerprint density at radius 2 is 2.03 bits per heavy atom. The largest absolute Gasteiger partial charge is 0.497 e. The molecule has 2 aliphatic carbocycles. The average molecular weight is 420 g/mol. The number of anilines is 1. The first-order valence-electron chi connectivity index (χ1n) is 11.2. The molecule has 0 unspecified atom stereocenters. The van der Waals surface area contributed by atoms with Gasteiger partial charge in [-0.15, -0.1) is 0 Å². The van der Waals surface area contributed by atoms with Crippen LogP contribution in [0.15, 0.2) is 36.7 Å². The second-order valence-electron chi connectivity index (χ2n) is 8.70. The molecule has 0 radical (unpaired) electrons. The molecule has 162 valence electrons. The topological polar surface area (TPSA) is 81.1 Å². The van der Waals surface area contributed by atoms with Gasteiger partial charge in [-0.1, -0.05) is 18.6 Å². The Balaban J connectivity index is 1.41. The number of fused-ring (bicyclic) bond motifs is 3. The molecular weight excluding hydrogens is 390 g/mol.